The van der Waals surface area contributed by atoms with Gasteiger partial charge in [0.05, 0.1) is 19.8 Å². The van der Waals surface area contributed by atoms with Gasteiger partial charge in [0.1, 0.15) is 12.4 Å². The Morgan fingerprint density at radius 2 is 1.66 bits per heavy atom. The normalized spacial score (nSPS) is 14.1. The predicted molar refractivity (Wildman–Crippen MR) is 119 cm³/mol. The van der Waals surface area contributed by atoms with Crippen LogP contribution in [0.4, 0.5) is 10.5 Å². The van der Waals surface area contributed by atoms with Crippen molar-refractivity contribution in [2.75, 3.05) is 51.4 Å². The summed E-state index contributed by atoms with van der Waals surface area (Å²) in [5.74, 6) is 0.831. The summed E-state index contributed by atoms with van der Waals surface area (Å²) < 4.78 is 16.3. The van der Waals surface area contributed by atoms with Crippen LogP contribution >= 0.6 is 12.4 Å². The Morgan fingerprint density at radius 1 is 1.00 bits per heavy atom. The second-order valence-corrected chi connectivity index (χ2v) is 7.21. The van der Waals surface area contributed by atoms with Crippen molar-refractivity contribution in [2.45, 2.75) is 51.9 Å². The van der Waals surface area contributed by atoms with E-state index in [1.807, 2.05) is 24.3 Å². The van der Waals surface area contributed by atoms with Gasteiger partial charge >= 0.3 is 6.09 Å². The van der Waals surface area contributed by atoms with Crippen LogP contribution in [0.15, 0.2) is 24.3 Å². The topological polar surface area (TPSA) is 60.0 Å². The van der Waals surface area contributed by atoms with Crippen molar-refractivity contribution >= 4 is 24.2 Å². The van der Waals surface area contributed by atoms with Gasteiger partial charge in [-0.05, 0) is 30.7 Å². The minimum Gasteiger partial charge on any atom is -0.494 e. The fourth-order valence-electron chi connectivity index (χ4n) is 3.13. The van der Waals surface area contributed by atoms with E-state index in [2.05, 4.69) is 17.1 Å². The van der Waals surface area contributed by atoms with Crippen molar-refractivity contribution in [1.29, 1.82) is 0 Å². The third-order valence-corrected chi connectivity index (χ3v) is 4.86. The molecule has 1 aliphatic rings. The van der Waals surface area contributed by atoms with Crippen molar-refractivity contribution in [2.24, 2.45) is 0 Å². The molecule has 0 aliphatic carbocycles. The number of rotatable bonds is 13. The number of unbranched alkanes of at least 4 members (excludes halogenated alkanes) is 6. The monoisotopic (exact) mass is 428 g/mol. The highest BCUT2D eigenvalue weighted by Gasteiger charge is 2.11. The van der Waals surface area contributed by atoms with Gasteiger partial charge in [-0.2, -0.15) is 0 Å². The van der Waals surface area contributed by atoms with Gasteiger partial charge in [0.2, 0.25) is 0 Å². The van der Waals surface area contributed by atoms with E-state index in [4.69, 9.17) is 14.2 Å². The fraction of sp³-hybridized carbons (Fsp3) is 0.682. The number of carbonyl (C=O) groups is 1. The maximum Gasteiger partial charge on any atom is 0.411 e. The first kappa shape index (κ1) is 25.5. The number of carbonyl (C=O) groups excluding carboxylic acids is 1. The minimum atomic E-state index is -0.426. The van der Waals surface area contributed by atoms with Crippen LogP contribution in [0.3, 0.4) is 0 Å². The summed E-state index contributed by atoms with van der Waals surface area (Å²) >= 11 is 0. The average Bonchev–Trinajstić information content (AvgIpc) is 2.72. The highest BCUT2D eigenvalue weighted by atomic mass is 35.5. The Hall–Kier alpha value is -1.50. The number of halogens is 1. The van der Waals surface area contributed by atoms with Gasteiger partial charge in [-0.15, -0.1) is 12.4 Å². The zero-order valence-electron chi connectivity index (χ0n) is 17.7. The molecule has 2 rings (SSSR count). The second-order valence-electron chi connectivity index (χ2n) is 7.21. The van der Waals surface area contributed by atoms with E-state index >= 15 is 0 Å². The van der Waals surface area contributed by atoms with Crippen molar-refractivity contribution in [3.8, 4) is 5.75 Å². The first-order valence-electron chi connectivity index (χ1n) is 10.7. The van der Waals surface area contributed by atoms with Crippen molar-refractivity contribution in [1.82, 2.24) is 4.90 Å². The number of benzene rings is 1. The molecule has 1 aliphatic heterocycles. The number of hydrogen-bond donors (Lipinski definition) is 1. The maximum absolute atomic E-state index is 11.9. The van der Waals surface area contributed by atoms with Crippen LogP contribution in [0.1, 0.15) is 51.9 Å². The molecule has 1 N–H and O–H groups in total. The molecule has 0 atom stereocenters. The number of ether oxygens (including phenoxy) is 3. The first-order chi connectivity index (χ1) is 13.8. The Kier molecular flexibility index (Phi) is 14.4. The van der Waals surface area contributed by atoms with E-state index in [-0.39, 0.29) is 12.4 Å². The summed E-state index contributed by atoms with van der Waals surface area (Å²) in [7, 11) is 0. The van der Waals surface area contributed by atoms with Crippen LogP contribution < -0.4 is 10.1 Å². The Balaban J connectivity index is 0.00000420. The van der Waals surface area contributed by atoms with Gasteiger partial charge in [0, 0.05) is 25.3 Å². The number of amides is 1. The minimum absolute atomic E-state index is 0. The molecule has 1 saturated heterocycles. The highest BCUT2D eigenvalue weighted by molar-refractivity contribution is 5.85. The standard InChI is InChI=1S/C22H36N2O4.ClH/c1-2-3-4-5-6-7-8-16-27-21-11-9-20(10-12-21)23-22(25)28-19-15-24-13-17-26-18-14-24;/h9-12H,2-8,13-19H2,1H3,(H,23,25);1H. The lowest BCUT2D eigenvalue weighted by Gasteiger charge is -2.26. The molecule has 0 spiro atoms. The lowest BCUT2D eigenvalue weighted by atomic mass is 10.1. The smallest absolute Gasteiger partial charge is 0.411 e. The van der Waals surface area contributed by atoms with Gasteiger partial charge < -0.3 is 14.2 Å². The molecule has 0 unspecified atom stereocenters. The summed E-state index contributed by atoms with van der Waals surface area (Å²) in [6.07, 6.45) is 8.49. The van der Waals surface area contributed by atoms with Crippen molar-refractivity contribution in [3.63, 3.8) is 0 Å². The molecule has 166 valence electrons. The molecule has 0 radical (unpaired) electrons. The molecule has 1 aromatic rings. The highest BCUT2D eigenvalue weighted by Crippen LogP contribution is 2.16. The van der Waals surface area contributed by atoms with Crippen LogP contribution in [0.2, 0.25) is 0 Å². The average molecular weight is 429 g/mol. The number of hydrogen-bond acceptors (Lipinski definition) is 5. The van der Waals surface area contributed by atoms with Crippen LogP contribution in [-0.2, 0) is 9.47 Å². The summed E-state index contributed by atoms with van der Waals surface area (Å²) in [4.78, 5) is 14.1. The molecule has 1 heterocycles. The Labute approximate surface area is 181 Å². The van der Waals surface area contributed by atoms with E-state index in [0.717, 1.165) is 51.6 Å². The summed E-state index contributed by atoms with van der Waals surface area (Å²) in [5, 5.41) is 2.75. The Bertz CT molecular complexity index is 536. The molecule has 0 aromatic heterocycles. The number of anilines is 1. The molecular weight excluding hydrogens is 392 g/mol. The van der Waals surface area contributed by atoms with E-state index in [1.165, 1.54) is 38.5 Å². The molecule has 7 heteroatoms. The SMILES string of the molecule is CCCCCCCCCOc1ccc(NC(=O)OCCN2CCOCC2)cc1.Cl. The number of nitrogens with zero attached hydrogens (tertiary/aromatic N) is 1. The van der Waals surface area contributed by atoms with E-state index < -0.39 is 6.09 Å². The zero-order chi connectivity index (χ0) is 19.9. The summed E-state index contributed by atoms with van der Waals surface area (Å²) in [6, 6.07) is 7.43. The molecule has 1 amide bonds. The van der Waals surface area contributed by atoms with Crippen molar-refractivity contribution in [3.05, 3.63) is 24.3 Å². The number of morpholine rings is 1. The lowest BCUT2D eigenvalue weighted by molar-refractivity contribution is 0.0290. The lowest BCUT2D eigenvalue weighted by Crippen LogP contribution is -2.38. The summed E-state index contributed by atoms with van der Waals surface area (Å²) in [5.41, 5.74) is 0.708. The van der Waals surface area contributed by atoms with Crippen LogP contribution in [0, 0.1) is 0 Å². The largest absolute Gasteiger partial charge is 0.494 e. The quantitative estimate of drug-likeness (QED) is 0.442. The van der Waals surface area contributed by atoms with E-state index in [0.29, 0.717) is 12.3 Å². The number of nitrogens with one attached hydrogen (secondary N) is 1. The molecule has 0 saturated carbocycles. The molecule has 29 heavy (non-hydrogen) atoms. The van der Waals surface area contributed by atoms with Gasteiger partial charge in [0.25, 0.3) is 0 Å². The van der Waals surface area contributed by atoms with Crippen molar-refractivity contribution < 1.29 is 19.0 Å². The van der Waals surface area contributed by atoms with Gasteiger partial charge in [0.15, 0.2) is 0 Å². The van der Waals surface area contributed by atoms with Gasteiger partial charge in [-0.3, -0.25) is 10.2 Å². The van der Waals surface area contributed by atoms with E-state index in [9.17, 15) is 4.79 Å². The molecule has 6 nitrogen and oxygen atoms in total. The van der Waals surface area contributed by atoms with Gasteiger partial charge in [-0.1, -0.05) is 45.4 Å². The van der Waals surface area contributed by atoms with E-state index in [1.54, 1.807) is 0 Å². The fourth-order valence-corrected chi connectivity index (χ4v) is 3.13. The zero-order valence-corrected chi connectivity index (χ0v) is 18.5. The molecule has 1 aromatic carbocycles. The van der Waals surface area contributed by atoms with Crippen LogP contribution in [0.5, 0.6) is 5.75 Å². The first-order valence-corrected chi connectivity index (χ1v) is 10.7. The molecule has 1 fully saturated rings. The van der Waals surface area contributed by atoms with Gasteiger partial charge in [-0.25, -0.2) is 4.79 Å². The second kappa shape index (κ2) is 16.3. The third-order valence-electron chi connectivity index (χ3n) is 4.86. The Morgan fingerprint density at radius 3 is 2.34 bits per heavy atom. The maximum atomic E-state index is 11.9. The van der Waals surface area contributed by atoms with Crippen LogP contribution in [0.25, 0.3) is 0 Å². The molecular formula is C22H37ClN2O4. The predicted octanol–water partition coefficient (Wildman–Crippen LogP) is 5.12. The van der Waals surface area contributed by atoms with Crippen LogP contribution in [-0.4, -0.2) is 57.1 Å². The molecule has 0 bridgehead atoms. The summed E-state index contributed by atoms with van der Waals surface area (Å²) in [6.45, 7) is 7.39. The third kappa shape index (κ3) is 11.9.